The number of nitrogens with one attached hydrogen (secondary N) is 2. The Morgan fingerprint density at radius 3 is 2.53 bits per heavy atom. The molecule has 38 heavy (non-hydrogen) atoms. The van der Waals surface area contributed by atoms with Gasteiger partial charge in [0.05, 0.1) is 11.7 Å². The molecule has 3 saturated heterocycles. The Hall–Kier alpha value is -3.40. The predicted molar refractivity (Wildman–Crippen MR) is 149 cm³/mol. The molecule has 0 bridgehead atoms. The van der Waals surface area contributed by atoms with E-state index in [-0.39, 0.29) is 23.2 Å². The lowest BCUT2D eigenvalue weighted by Crippen LogP contribution is -2.49. The lowest BCUT2D eigenvalue weighted by atomic mass is 9.75. The van der Waals surface area contributed by atoms with E-state index in [2.05, 4.69) is 39.6 Å². The molecule has 4 N–H and O–H groups in total. The van der Waals surface area contributed by atoms with Gasteiger partial charge in [0.2, 0.25) is 0 Å². The first-order valence-electron chi connectivity index (χ1n) is 13.8. The van der Waals surface area contributed by atoms with Crippen LogP contribution < -0.4 is 21.3 Å². The molecule has 10 heteroatoms. The Kier molecular flexibility index (Phi) is 7.43. The van der Waals surface area contributed by atoms with Crippen LogP contribution in [-0.4, -0.2) is 84.1 Å². The van der Waals surface area contributed by atoms with Gasteiger partial charge in [-0.25, -0.2) is 14.8 Å². The Labute approximate surface area is 225 Å². The van der Waals surface area contributed by atoms with Gasteiger partial charge >= 0.3 is 6.03 Å². The molecule has 10 nitrogen and oxygen atoms in total. The third-order valence-electron chi connectivity index (χ3n) is 8.45. The zero-order chi connectivity index (χ0) is 26.9. The first-order valence-corrected chi connectivity index (χ1v) is 13.8. The fourth-order valence-electron chi connectivity index (χ4n) is 5.98. The van der Waals surface area contributed by atoms with Crippen molar-refractivity contribution in [2.45, 2.75) is 57.4 Å². The number of aryl methyl sites for hydroxylation is 1. The van der Waals surface area contributed by atoms with Crippen LogP contribution in [0.3, 0.4) is 0 Å². The van der Waals surface area contributed by atoms with Gasteiger partial charge in [0.25, 0.3) is 5.91 Å². The lowest BCUT2D eigenvalue weighted by Gasteiger charge is -2.38. The summed E-state index contributed by atoms with van der Waals surface area (Å²) in [5.41, 5.74) is 8.93. The van der Waals surface area contributed by atoms with Crippen molar-refractivity contribution in [1.29, 1.82) is 0 Å². The highest BCUT2D eigenvalue weighted by Gasteiger charge is 2.35. The smallest absolute Gasteiger partial charge is 0.320 e. The van der Waals surface area contributed by atoms with E-state index in [0.717, 1.165) is 75.6 Å². The van der Waals surface area contributed by atoms with Gasteiger partial charge in [0, 0.05) is 38.9 Å². The molecule has 204 valence electrons. The van der Waals surface area contributed by atoms with E-state index >= 15 is 0 Å². The Morgan fingerprint density at radius 1 is 1.16 bits per heavy atom. The molecule has 0 aliphatic carbocycles. The van der Waals surface area contributed by atoms with Crippen molar-refractivity contribution >= 4 is 29.3 Å². The summed E-state index contributed by atoms with van der Waals surface area (Å²) in [5, 5.41) is 6.76. The molecule has 5 rings (SSSR count). The van der Waals surface area contributed by atoms with Crippen molar-refractivity contribution in [2.75, 3.05) is 56.5 Å². The van der Waals surface area contributed by atoms with E-state index in [4.69, 9.17) is 10.7 Å². The first kappa shape index (κ1) is 26.2. The lowest BCUT2D eigenvalue weighted by molar-refractivity contribution is 0.0996. The number of primary amides is 1. The fraction of sp³-hybridized carbons (Fsp3) is 0.571. The highest BCUT2D eigenvalue weighted by Crippen LogP contribution is 2.34. The third kappa shape index (κ3) is 5.14. The number of anilines is 3. The molecule has 3 aliphatic heterocycles. The summed E-state index contributed by atoms with van der Waals surface area (Å²) in [6, 6.07) is 8.61. The van der Waals surface area contributed by atoms with Crippen LogP contribution in [0, 0.1) is 0 Å². The van der Waals surface area contributed by atoms with Crippen LogP contribution in [0.5, 0.6) is 0 Å². The number of piperidine rings is 2. The summed E-state index contributed by atoms with van der Waals surface area (Å²) in [4.78, 5) is 40.6. The number of nitrogens with two attached hydrogens (primary N) is 1. The Bertz CT molecular complexity index is 1180. The summed E-state index contributed by atoms with van der Waals surface area (Å²) in [7, 11) is 1.85. The SMILES string of the molecule is CCc1nc(C(N)=O)c(Nc2ccc(C3(C)CCNCC3)cc2)nc1N1CCCC(N2CCN(C)C2=O)C1. The first-order chi connectivity index (χ1) is 18.3. The minimum absolute atomic E-state index is 0.0897. The number of urea groups is 1. The monoisotopic (exact) mass is 520 g/mol. The van der Waals surface area contributed by atoms with E-state index in [1.54, 1.807) is 4.90 Å². The normalized spacial score (nSPS) is 21.6. The van der Waals surface area contributed by atoms with Gasteiger partial charge in [-0.3, -0.25) is 4.79 Å². The van der Waals surface area contributed by atoms with E-state index in [1.807, 2.05) is 31.0 Å². The number of hydrogen-bond acceptors (Lipinski definition) is 7. The van der Waals surface area contributed by atoms with Crippen molar-refractivity contribution in [3.63, 3.8) is 0 Å². The molecule has 1 aromatic heterocycles. The van der Waals surface area contributed by atoms with Crippen LogP contribution in [0.15, 0.2) is 24.3 Å². The zero-order valence-corrected chi connectivity index (χ0v) is 22.8. The van der Waals surface area contributed by atoms with Gasteiger partial charge in [0.15, 0.2) is 17.3 Å². The molecule has 0 saturated carbocycles. The van der Waals surface area contributed by atoms with Gasteiger partial charge in [-0.1, -0.05) is 26.0 Å². The molecular formula is C28H40N8O2. The van der Waals surface area contributed by atoms with Crippen molar-refractivity contribution < 1.29 is 9.59 Å². The number of rotatable bonds is 7. The molecule has 1 aromatic carbocycles. The molecule has 2 aromatic rings. The molecular weight excluding hydrogens is 480 g/mol. The summed E-state index contributed by atoms with van der Waals surface area (Å²) in [6.45, 7) is 9.41. The Morgan fingerprint density at radius 2 is 1.89 bits per heavy atom. The maximum atomic E-state index is 12.6. The second kappa shape index (κ2) is 10.8. The van der Waals surface area contributed by atoms with Crippen LogP contribution in [0.4, 0.5) is 22.1 Å². The van der Waals surface area contributed by atoms with Crippen molar-refractivity contribution in [3.05, 3.63) is 41.2 Å². The highest BCUT2D eigenvalue weighted by molar-refractivity contribution is 5.96. The Balaban J connectivity index is 1.41. The van der Waals surface area contributed by atoms with Crippen LogP contribution in [0.1, 0.15) is 61.3 Å². The topological polar surface area (TPSA) is 120 Å². The molecule has 3 amide bonds. The van der Waals surface area contributed by atoms with Gasteiger partial charge in [-0.2, -0.15) is 0 Å². The average Bonchev–Trinajstić information content (AvgIpc) is 3.27. The minimum atomic E-state index is -0.609. The number of aromatic nitrogens is 2. The summed E-state index contributed by atoms with van der Waals surface area (Å²) < 4.78 is 0. The minimum Gasteiger partial charge on any atom is -0.364 e. The predicted octanol–water partition coefficient (Wildman–Crippen LogP) is 2.86. The summed E-state index contributed by atoms with van der Waals surface area (Å²) in [6.07, 6.45) is 4.76. The maximum absolute atomic E-state index is 12.6. The second-order valence-electron chi connectivity index (χ2n) is 11.1. The number of nitrogens with zero attached hydrogens (tertiary/aromatic N) is 5. The van der Waals surface area contributed by atoms with Gasteiger partial charge in [0.1, 0.15) is 0 Å². The quantitative estimate of drug-likeness (QED) is 0.514. The third-order valence-corrected chi connectivity index (χ3v) is 8.45. The number of carbonyl (C=O) groups excluding carboxylic acids is 2. The van der Waals surface area contributed by atoms with Gasteiger partial charge in [-0.15, -0.1) is 0 Å². The highest BCUT2D eigenvalue weighted by atomic mass is 16.2. The number of benzene rings is 1. The van der Waals surface area contributed by atoms with Gasteiger partial charge < -0.3 is 31.1 Å². The molecule has 0 spiro atoms. The van der Waals surface area contributed by atoms with Crippen LogP contribution in [-0.2, 0) is 11.8 Å². The summed E-state index contributed by atoms with van der Waals surface area (Å²) >= 11 is 0. The number of carbonyl (C=O) groups is 2. The van der Waals surface area contributed by atoms with Crippen molar-refractivity contribution in [2.24, 2.45) is 5.73 Å². The molecule has 0 radical (unpaired) electrons. The van der Waals surface area contributed by atoms with Gasteiger partial charge in [-0.05, 0) is 68.3 Å². The van der Waals surface area contributed by atoms with Crippen molar-refractivity contribution in [3.8, 4) is 0 Å². The zero-order valence-electron chi connectivity index (χ0n) is 22.8. The molecule has 3 fully saturated rings. The van der Waals surface area contributed by atoms with E-state index in [9.17, 15) is 9.59 Å². The van der Waals surface area contributed by atoms with Crippen LogP contribution in [0.2, 0.25) is 0 Å². The number of likely N-dealkylation sites (N-methyl/N-ethyl adjacent to an activating group) is 1. The number of amides is 3. The molecule has 4 heterocycles. The number of hydrogen-bond donors (Lipinski definition) is 3. The molecule has 1 unspecified atom stereocenters. The summed E-state index contributed by atoms with van der Waals surface area (Å²) in [5.74, 6) is 0.510. The maximum Gasteiger partial charge on any atom is 0.320 e. The molecule has 3 aliphatic rings. The van der Waals surface area contributed by atoms with E-state index in [1.165, 1.54) is 5.56 Å². The largest absolute Gasteiger partial charge is 0.364 e. The van der Waals surface area contributed by atoms with E-state index in [0.29, 0.717) is 18.8 Å². The van der Waals surface area contributed by atoms with Crippen molar-refractivity contribution in [1.82, 2.24) is 25.1 Å². The second-order valence-corrected chi connectivity index (χ2v) is 11.1. The standard InChI is InChI=1S/C28H40N8O2/c1-4-22-26(35-15-5-6-21(18-35)36-17-16-34(3)27(36)38)33-25(23(32-22)24(29)37)31-20-9-7-19(8-10-20)28(2)11-13-30-14-12-28/h7-10,21,30H,4-6,11-18H2,1-3H3,(H2,29,37)(H,31,33). The fourth-order valence-corrected chi connectivity index (χ4v) is 5.98. The average molecular weight is 521 g/mol. The van der Waals surface area contributed by atoms with Crippen LogP contribution >= 0.6 is 0 Å². The molecule has 1 atom stereocenters. The van der Waals surface area contributed by atoms with Crippen LogP contribution in [0.25, 0.3) is 0 Å². The van der Waals surface area contributed by atoms with E-state index < -0.39 is 5.91 Å².